The van der Waals surface area contributed by atoms with Gasteiger partial charge in [0.15, 0.2) is 6.29 Å². The van der Waals surface area contributed by atoms with E-state index in [4.69, 9.17) is 14.2 Å². The van der Waals surface area contributed by atoms with Gasteiger partial charge in [-0.2, -0.15) is 0 Å². The van der Waals surface area contributed by atoms with Crippen LogP contribution in [0.4, 0.5) is 0 Å². The summed E-state index contributed by atoms with van der Waals surface area (Å²) in [4.78, 5) is 0. The summed E-state index contributed by atoms with van der Waals surface area (Å²) in [5.41, 5.74) is 1.19. The van der Waals surface area contributed by atoms with Crippen molar-refractivity contribution in [2.45, 2.75) is 25.3 Å². The molecule has 18 heavy (non-hydrogen) atoms. The van der Waals surface area contributed by atoms with Crippen molar-refractivity contribution in [1.82, 2.24) is 5.32 Å². The Labute approximate surface area is 109 Å². The highest BCUT2D eigenvalue weighted by molar-refractivity contribution is 5.19. The first-order valence-corrected chi connectivity index (χ1v) is 6.08. The molecule has 0 bridgehead atoms. The molecule has 0 amide bonds. The predicted molar refractivity (Wildman–Crippen MR) is 71.5 cm³/mol. The van der Waals surface area contributed by atoms with E-state index in [1.807, 2.05) is 25.1 Å². The van der Waals surface area contributed by atoms with Crippen LogP contribution in [0.15, 0.2) is 30.3 Å². The first-order valence-electron chi connectivity index (χ1n) is 6.08. The van der Waals surface area contributed by atoms with Gasteiger partial charge in [-0.3, -0.25) is 0 Å². The van der Waals surface area contributed by atoms with Crippen LogP contribution >= 0.6 is 0 Å². The van der Waals surface area contributed by atoms with E-state index in [-0.39, 0.29) is 18.4 Å². The van der Waals surface area contributed by atoms with Crippen LogP contribution in [0.5, 0.6) is 0 Å². The summed E-state index contributed by atoms with van der Waals surface area (Å²) < 4.78 is 15.8. The molecule has 2 atom stereocenters. The molecular weight excluding hydrogens is 230 g/mol. The van der Waals surface area contributed by atoms with Gasteiger partial charge in [0.05, 0.1) is 18.7 Å². The summed E-state index contributed by atoms with van der Waals surface area (Å²) in [6.45, 7) is 2.64. The van der Waals surface area contributed by atoms with Crippen molar-refractivity contribution in [3.8, 4) is 0 Å². The molecule has 0 saturated carbocycles. The minimum Gasteiger partial charge on any atom is -0.383 e. The second kappa shape index (κ2) is 8.21. The molecular formula is C14H23NO3. The molecule has 0 fully saturated rings. The van der Waals surface area contributed by atoms with E-state index in [1.165, 1.54) is 5.56 Å². The maximum Gasteiger partial charge on any atom is 0.171 e. The SMILES string of the molecule is COCC(NC(C)C(OC)OC)c1ccccc1. The molecule has 4 heteroatoms. The maximum atomic E-state index is 5.26. The van der Waals surface area contributed by atoms with Crippen LogP contribution in [0.2, 0.25) is 0 Å². The van der Waals surface area contributed by atoms with Gasteiger partial charge in [0.25, 0.3) is 0 Å². The molecule has 0 heterocycles. The van der Waals surface area contributed by atoms with Crippen molar-refractivity contribution in [3.63, 3.8) is 0 Å². The van der Waals surface area contributed by atoms with Crippen molar-refractivity contribution in [3.05, 3.63) is 35.9 Å². The largest absolute Gasteiger partial charge is 0.383 e. The summed E-state index contributed by atoms with van der Waals surface area (Å²) in [5, 5.41) is 3.46. The van der Waals surface area contributed by atoms with Crippen molar-refractivity contribution < 1.29 is 14.2 Å². The molecule has 0 aliphatic rings. The van der Waals surface area contributed by atoms with Gasteiger partial charge in [-0.25, -0.2) is 0 Å². The lowest BCUT2D eigenvalue weighted by Crippen LogP contribution is -2.42. The average molecular weight is 253 g/mol. The van der Waals surface area contributed by atoms with Crippen molar-refractivity contribution in [2.24, 2.45) is 0 Å². The van der Waals surface area contributed by atoms with E-state index in [0.717, 1.165) is 0 Å². The van der Waals surface area contributed by atoms with Gasteiger partial charge >= 0.3 is 0 Å². The molecule has 0 aliphatic heterocycles. The number of benzene rings is 1. The zero-order valence-electron chi connectivity index (χ0n) is 11.6. The molecule has 4 nitrogen and oxygen atoms in total. The van der Waals surface area contributed by atoms with Gasteiger partial charge in [-0.1, -0.05) is 30.3 Å². The molecule has 0 saturated heterocycles. The quantitative estimate of drug-likeness (QED) is 0.719. The van der Waals surface area contributed by atoms with E-state index in [2.05, 4.69) is 17.4 Å². The normalized spacial score (nSPS) is 14.7. The first-order chi connectivity index (χ1) is 8.72. The molecule has 1 rings (SSSR count). The Morgan fingerprint density at radius 1 is 1.06 bits per heavy atom. The summed E-state index contributed by atoms with van der Waals surface area (Å²) in [6.07, 6.45) is -0.270. The van der Waals surface area contributed by atoms with Crippen LogP contribution in [0.25, 0.3) is 0 Å². The highest BCUT2D eigenvalue weighted by Crippen LogP contribution is 2.15. The fourth-order valence-corrected chi connectivity index (χ4v) is 1.99. The second-order valence-corrected chi connectivity index (χ2v) is 4.21. The third kappa shape index (κ3) is 4.38. The number of hydrogen-bond donors (Lipinski definition) is 1. The van der Waals surface area contributed by atoms with Gasteiger partial charge in [0.1, 0.15) is 0 Å². The van der Waals surface area contributed by atoms with Crippen LogP contribution in [0.1, 0.15) is 18.5 Å². The average Bonchev–Trinajstić information content (AvgIpc) is 2.40. The van der Waals surface area contributed by atoms with Gasteiger partial charge in [0.2, 0.25) is 0 Å². The highest BCUT2D eigenvalue weighted by atomic mass is 16.7. The minimum atomic E-state index is -0.270. The highest BCUT2D eigenvalue weighted by Gasteiger charge is 2.20. The van der Waals surface area contributed by atoms with Crippen molar-refractivity contribution >= 4 is 0 Å². The molecule has 0 spiro atoms. The Morgan fingerprint density at radius 3 is 2.17 bits per heavy atom. The lowest BCUT2D eigenvalue weighted by atomic mass is 10.1. The Hall–Kier alpha value is -0.940. The van der Waals surface area contributed by atoms with E-state index >= 15 is 0 Å². The molecule has 0 aliphatic carbocycles. The lowest BCUT2D eigenvalue weighted by Gasteiger charge is -2.27. The maximum absolute atomic E-state index is 5.26. The molecule has 1 N–H and O–H groups in total. The monoisotopic (exact) mass is 253 g/mol. The summed E-state index contributed by atoms with van der Waals surface area (Å²) in [5.74, 6) is 0. The first kappa shape index (κ1) is 15.1. The third-order valence-corrected chi connectivity index (χ3v) is 2.87. The van der Waals surface area contributed by atoms with Crippen LogP contribution < -0.4 is 5.32 Å². The molecule has 0 aromatic heterocycles. The topological polar surface area (TPSA) is 39.7 Å². The summed E-state index contributed by atoms with van der Waals surface area (Å²) >= 11 is 0. The van der Waals surface area contributed by atoms with Crippen molar-refractivity contribution in [2.75, 3.05) is 27.9 Å². The molecule has 2 unspecified atom stereocenters. The Balaban J connectivity index is 2.69. The number of hydrogen-bond acceptors (Lipinski definition) is 4. The van der Waals surface area contributed by atoms with E-state index < -0.39 is 0 Å². The van der Waals surface area contributed by atoms with Gasteiger partial charge < -0.3 is 19.5 Å². The molecule has 102 valence electrons. The van der Waals surface area contributed by atoms with Crippen LogP contribution in [-0.2, 0) is 14.2 Å². The van der Waals surface area contributed by atoms with Gasteiger partial charge in [-0.05, 0) is 12.5 Å². The standard InChI is InChI=1S/C14H23NO3/c1-11(14(17-3)18-4)15-13(10-16-2)12-8-6-5-7-9-12/h5-9,11,13-15H,10H2,1-4H3. The summed E-state index contributed by atoms with van der Waals surface area (Å²) in [6, 6.07) is 10.4. The Bertz CT molecular complexity index is 314. The number of nitrogens with one attached hydrogen (secondary N) is 1. The van der Waals surface area contributed by atoms with Crippen LogP contribution in [-0.4, -0.2) is 40.3 Å². The fourth-order valence-electron chi connectivity index (χ4n) is 1.99. The number of rotatable bonds is 8. The van der Waals surface area contributed by atoms with Crippen molar-refractivity contribution in [1.29, 1.82) is 0 Å². The lowest BCUT2D eigenvalue weighted by molar-refractivity contribution is -0.121. The minimum absolute atomic E-state index is 0.0698. The Morgan fingerprint density at radius 2 is 1.67 bits per heavy atom. The fraction of sp³-hybridized carbons (Fsp3) is 0.571. The van der Waals surface area contributed by atoms with Crippen LogP contribution in [0, 0.1) is 0 Å². The predicted octanol–water partition coefficient (Wildman–Crippen LogP) is 1.97. The zero-order chi connectivity index (χ0) is 13.4. The van der Waals surface area contributed by atoms with Gasteiger partial charge in [0, 0.05) is 21.3 Å². The van der Waals surface area contributed by atoms with E-state index in [1.54, 1.807) is 21.3 Å². The van der Waals surface area contributed by atoms with Crippen LogP contribution in [0.3, 0.4) is 0 Å². The smallest absolute Gasteiger partial charge is 0.171 e. The number of ether oxygens (including phenoxy) is 3. The summed E-state index contributed by atoms with van der Waals surface area (Å²) in [7, 11) is 4.98. The Kier molecular flexibility index (Phi) is 6.90. The molecule has 1 aromatic rings. The zero-order valence-corrected chi connectivity index (χ0v) is 11.6. The van der Waals surface area contributed by atoms with E-state index in [0.29, 0.717) is 6.61 Å². The molecule has 0 radical (unpaired) electrons. The second-order valence-electron chi connectivity index (χ2n) is 4.21. The number of methoxy groups -OCH3 is 3. The van der Waals surface area contributed by atoms with E-state index in [9.17, 15) is 0 Å². The van der Waals surface area contributed by atoms with Gasteiger partial charge in [-0.15, -0.1) is 0 Å². The molecule has 1 aromatic carbocycles. The third-order valence-electron chi connectivity index (χ3n) is 2.87.